The Morgan fingerprint density at radius 1 is 1.44 bits per heavy atom. The number of hydrogen-bond acceptors (Lipinski definition) is 2. The Labute approximate surface area is 106 Å². The normalized spacial score (nSPS) is 15.9. The second-order valence-electron chi connectivity index (χ2n) is 5.00. The molecule has 1 saturated carbocycles. The summed E-state index contributed by atoms with van der Waals surface area (Å²) in [4.78, 5) is 13.7. The van der Waals surface area contributed by atoms with Crippen LogP contribution in [0.15, 0.2) is 18.2 Å². The highest BCUT2D eigenvalue weighted by Crippen LogP contribution is 2.26. The zero-order valence-corrected chi connectivity index (χ0v) is 10.5. The Kier molecular flexibility index (Phi) is 3.84. The van der Waals surface area contributed by atoms with Crippen LogP contribution in [0.25, 0.3) is 0 Å². The number of hydrogen-bond donors (Lipinski definition) is 1. The number of phenols is 1. The fraction of sp³-hybridized carbons (Fsp3) is 0.500. The van der Waals surface area contributed by atoms with Crippen LogP contribution >= 0.6 is 0 Å². The van der Waals surface area contributed by atoms with Gasteiger partial charge in [0.05, 0.1) is 5.56 Å². The van der Waals surface area contributed by atoms with E-state index in [2.05, 4.69) is 0 Å². The maximum atomic E-state index is 12.9. The molecule has 0 aliphatic heterocycles. The predicted octanol–water partition coefficient (Wildman–Crippen LogP) is 2.79. The van der Waals surface area contributed by atoms with E-state index in [1.165, 1.54) is 25.0 Å². The van der Waals surface area contributed by atoms with E-state index in [0.717, 1.165) is 18.9 Å². The number of nitrogens with zero attached hydrogens (tertiary/aromatic N) is 1. The summed E-state index contributed by atoms with van der Waals surface area (Å²) < 4.78 is 12.9. The Hall–Kier alpha value is -1.58. The van der Waals surface area contributed by atoms with Gasteiger partial charge >= 0.3 is 0 Å². The van der Waals surface area contributed by atoms with Crippen molar-refractivity contribution in [2.24, 2.45) is 5.92 Å². The largest absolute Gasteiger partial charge is 0.507 e. The number of rotatable bonds is 3. The molecule has 4 heteroatoms. The van der Waals surface area contributed by atoms with Crippen LogP contribution in [-0.2, 0) is 0 Å². The summed E-state index contributed by atoms with van der Waals surface area (Å²) >= 11 is 0. The molecule has 18 heavy (non-hydrogen) atoms. The molecular formula is C14H18FNO2. The Balaban J connectivity index is 2.05. The number of carbonyl (C=O) groups is 1. The molecule has 1 aliphatic carbocycles. The molecular weight excluding hydrogens is 233 g/mol. The molecule has 0 saturated heterocycles. The molecule has 0 bridgehead atoms. The molecule has 0 radical (unpaired) electrons. The molecule has 0 heterocycles. The van der Waals surface area contributed by atoms with Crippen LogP contribution in [0.5, 0.6) is 5.75 Å². The first-order valence-electron chi connectivity index (χ1n) is 6.32. The van der Waals surface area contributed by atoms with Gasteiger partial charge in [0.1, 0.15) is 11.6 Å². The third-order valence-corrected chi connectivity index (χ3v) is 3.54. The van der Waals surface area contributed by atoms with Crippen molar-refractivity contribution in [3.05, 3.63) is 29.6 Å². The number of phenolic OH excluding ortho intramolecular Hbond substituents is 1. The van der Waals surface area contributed by atoms with Crippen LogP contribution in [0.2, 0.25) is 0 Å². The molecule has 1 fully saturated rings. The van der Waals surface area contributed by atoms with E-state index in [1.54, 1.807) is 11.9 Å². The van der Waals surface area contributed by atoms with E-state index in [9.17, 15) is 14.3 Å². The van der Waals surface area contributed by atoms with Crippen molar-refractivity contribution in [2.45, 2.75) is 25.7 Å². The average Bonchev–Trinajstić information content (AvgIpc) is 2.81. The van der Waals surface area contributed by atoms with Gasteiger partial charge in [-0.05, 0) is 30.9 Å². The van der Waals surface area contributed by atoms with E-state index >= 15 is 0 Å². The van der Waals surface area contributed by atoms with E-state index in [0.29, 0.717) is 12.5 Å². The summed E-state index contributed by atoms with van der Waals surface area (Å²) in [6.07, 6.45) is 4.78. The summed E-state index contributed by atoms with van der Waals surface area (Å²) in [5.41, 5.74) is 0.164. The molecule has 0 spiro atoms. The standard InChI is InChI=1S/C14H18FNO2/c1-16(9-10-4-2-3-5-10)14(18)12-7-6-11(15)8-13(12)17/h6-8,10,17H,2-5,9H2,1H3. The van der Waals surface area contributed by atoms with E-state index in [-0.39, 0.29) is 17.2 Å². The third kappa shape index (κ3) is 2.81. The molecule has 1 aliphatic rings. The van der Waals surface area contributed by atoms with Gasteiger partial charge in [-0.3, -0.25) is 4.79 Å². The number of halogens is 1. The number of carbonyl (C=O) groups excluding carboxylic acids is 1. The zero-order chi connectivity index (χ0) is 13.1. The fourth-order valence-electron chi connectivity index (χ4n) is 2.55. The highest BCUT2D eigenvalue weighted by atomic mass is 19.1. The quantitative estimate of drug-likeness (QED) is 0.897. The summed E-state index contributed by atoms with van der Waals surface area (Å²) in [6.45, 7) is 0.704. The molecule has 0 unspecified atom stereocenters. The lowest BCUT2D eigenvalue weighted by molar-refractivity contribution is 0.0770. The monoisotopic (exact) mass is 251 g/mol. The first-order chi connectivity index (χ1) is 8.58. The number of amides is 1. The number of benzene rings is 1. The molecule has 1 aromatic carbocycles. The molecule has 98 valence electrons. The maximum absolute atomic E-state index is 12.9. The van der Waals surface area contributed by atoms with Crippen molar-refractivity contribution >= 4 is 5.91 Å². The van der Waals surface area contributed by atoms with Crippen molar-refractivity contribution in [1.82, 2.24) is 4.90 Å². The lowest BCUT2D eigenvalue weighted by Gasteiger charge is -2.21. The number of aromatic hydroxyl groups is 1. The minimum atomic E-state index is -0.539. The summed E-state index contributed by atoms with van der Waals surface area (Å²) in [5, 5.41) is 9.58. The van der Waals surface area contributed by atoms with Crippen molar-refractivity contribution in [3.8, 4) is 5.75 Å². The molecule has 2 rings (SSSR count). The van der Waals surface area contributed by atoms with Crippen LogP contribution < -0.4 is 0 Å². The second-order valence-corrected chi connectivity index (χ2v) is 5.00. The van der Waals surface area contributed by atoms with Gasteiger partial charge in [-0.2, -0.15) is 0 Å². The fourth-order valence-corrected chi connectivity index (χ4v) is 2.55. The van der Waals surface area contributed by atoms with E-state index < -0.39 is 5.82 Å². The Bertz CT molecular complexity index is 441. The van der Waals surface area contributed by atoms with Crippen LogP contribution in [0.3, 0.4) is 0 Å². The second kappa shape index (κ2) is 5.38. The first kappa shape index (κ1) is 12.9. The summed E-state index contributed by atoms with van der Waals surface area (Å²) in [6, 6.07) is 3.49. The van der Waals surface area contributed by atoms with Gasteiger partial charge in [-0.15, -0.1) is 0 Å². The summed E-state index contributed by atoms with van der Waals surface area (Å²) in [7, 11) is 1.73. The minimum absolute atomic E-state index is 0.164. The lowest BCUT2D eigenvalue weighted by atomic mass is 10.1. The molecule has 0 aromatic heterocycles. The molecule has 1 N–H and O–H groups in total. The average molecular weight is 251 g/mol. The van der Waals surface area contributed by atoms with E-state index in [1.807, 2.05) is 0 Å². The SMILES string of the molecule is CN(CC1CCCC1)C(=O)c1ccc(F)cc1O. The van der Waals surface area contributed by atoms with Gasteiger partial charge in [0.25, 0.3) is 5.91 Å². The third-order valence-electron chi connectivity index (χ3n) is 3.54. The maximum Gasteiger partial charge on any atom is 0.257 e. The highest BCUT2D eigenvalue weighted by Gasteiger charge is 2.21. The van der Waals surface area contributed by atoms with E-state index in [4.69, 9.17) is 0 Å². The minimum Gasteiger partial charge on any atom is -0.507 e. The van der Waals surface area contributed by atoms with Crippen LogP contribution in [0, 0.1) is 11.7 Å². The topological polar surface area (TPSA) is 40.5 Å². The van der Waals surface area contributed by atoms with Crippen molar-refractivity contribution in [3.63, 3.8) is 0 Å². The molecule has 0 atom stereocenters. The van der Waals surface area contributed by atoms with Crippen molar-refractivity contribution < 1.29 is 14.3 Å². The zero-order valence-electron chi connectivity index (χ0n) is 10.5. The van der Waals surface area contributed by atoms with Gasteiger partial charge in [0.2, 0.25) is 0 Å². The Morgan fingerprint density at radius 2 is 2.11 bits per heavy atom. The van der Waals surface area contributed by atoms with Crippen LogP contribution in [0.1, 0.15) is 36.0 Å². The lowest BCUT2D eigenvalue weighted by Crippen LogP contribution is -2.31. The van der Waals surface area contributed by atoms with Crippen molar-refractivity contribution in [1.29, 1.82) is 0 Å². The predicted molar refractivity (Wildman–Crippen MR) is 67.0 cm³/mol. The highest BCUT2D eigenvalue weighted by molar-refractivity contribution is 5.96. The van der Waals surface area contributed by atoms with Gasteiger partial charge in [0.15, 0.2) is 0 Å². The van der Waals surface area contributed by atoms with Crippen molar-refractivity contribution in [2.75, 3.05) is 13.6 Å². The summed E-state index contributed by atoms with van der Waals surface area (Å²) in [5.74, 6) is -0.526. The molecule has 1 aromatic rings. The van der Waals surface area contributed by atoms with Crippen LogP contribution in [0.4, 0.5) is 4.39 Å². The first-order valence-corrected chi connectivity index (χ1v) is 6.32. The van der Waals surface area contributed by atoms with Gasteiger partial charge in [-0.1, -0.05) is 12.8 Å². The van der Waals surface area contributed by atoms with Gasteiger partial charge < -0.3 is 10.0 Å². The van der Waals surface area contributed by atoms with Gasteiger partial charge in [-0.25, -0.2) is 4.39 Å². The Morgan fingerprint density at radius 3 is 2.72 bits per heavy atom. The van der Waals surface area contributed by atoms with Crippen LogP contribution in [-0.4, -0.2) is 29.5 Å². The molecule has 3 nitrogen and oxygen atoms in total. The van der Waals surface area contributed by atoms with Gasteiger partial charge in [0, 0.05) is 19.7 Å². The smallest absolute Gasteiger partial charge is 0.257 e. The molecule has 1 amide bonds.